The van der Waals surface area contributed by atoms with Crippen LogP contribution in [0.4, 0.5) is 5.82 Å². The Labute approximate surface area is 163 Å². The molecule has 6 heteroatoms. The lowest BCUT2D eigenvalue weighted by Gasteiger charge is -2.34. The van der Waals surface area contributed by atoms with E-state index < -0.39 is 5.92 Å². The molecular weight excluding hydrogens is 352 g/mol. The van der Waals surface area contributed by atoms with Crippen LogP contribution in [-0.2, 0) is 9.59 Å². The second-order valence-corrected chi connectivity index (χ2v) is 7.22. The van der Waals surface area contributed by atoms with Gasteiger partial charge in [0.15, 0.2) is 5.78 Å². The quantitative estimate of drug-likeness (QED) is 0.860. The average Bonchev–Trinajstić information content (AvgIpc) is 2.67. The predicted molar refractivity (Wildman–Crippen MR) is 106 cm³/mol. The van der Waals surface area contributed by atoms with Gasteiger partial charge in [0.05, 0.1) is 0 Å². The number of aryl methyl sites for hydroxylation is 1. The molecule has 2 aromatic heterocycles. The van der Waals surface area contributed by atoms with Crippen LogP contribution in [0.1, 0.15) is 43.2 Å². The SMILES string of the molecule is CC1=C(C(=O)Nc2cc(C)ccn2)[C@H](c2cccnc2)C2=C(CCCC2=O)N1. The van der Waals surface area contributed by atoms with Gasteiger partial charge in [-0.05, 0) is 56.0 Å². The molecule has 0 unspecified atom stereocenters. The molecule has 1 atom stereocenters. The first-order valence-electron chi connectivity index (χ1n) is 9.42. The number of nitrogens with one attached hydrogen (secondary N) is 2. The van der Waals surface area contributed by atoms with E-state index in [1.807, 2.05) is 38.1 Å². The van der Waals surface area contributed by atoms with Crippen molar-refractivity contribution in [2.45, 2.75) is 39.0 Å². The molecule has 0 aromatic carbocycles. The highest BCUT2D eigenvalue weighted by Gasteiger charge is 2.38. The van der Waals surface area contributed by atoms with E-state index in [0.29, 0.717) is 23.4 Å². The lowest BCUT2D eigenvalue weighted by Crippen LogP contribution is -2.35. The van der Waals surface area contributed by atoms with Crippen molar-refractivity contribution in [3.8, 4) is 0 Å². The summed E-state index contributed by atoms with van der Waals surface area (Å²) in [6, 6.07) is 7.44. The number of ketones is 1. The number of dihydropyridines is 1. The molecule has 0 spiro atoms. The van der Waals surface area contributed by atoms with Crippen molar-refractivity contribution in [1.82, 2.24) is 15.3 Å². The summed E-state index contributed by atoms with van der Waals surface area (Å²) in [7, 11) is 0. The summed E-state index contributed by atoms with van der Waals surface area (Å²) >= 11 is 0. The fourth-order valence-electron chi connectivity index (χ4n) is 3.95. The van der Waals surface area contributed by atoms with Crippen LogP contribution in [0.25, 0.3) is 0 Å². The predicted octanol–water partition coefficient (Wildman–Crippen LogP) is 3.39. The second-order valence-electron chi connectivity index (χ2n) is 7.22. The second kappa shape index (κ2) is 7.38. The zero-order valence-corrected chi connectivity index (χ0v) is 16.0. The summed E-state index contributed by atoms with van der Waals surface area (Å²) in [6.07, 6.45) is 7.22. The van der Waals surface area contributed by atoms with Crippen molar-refractivity contribution in [3.63, 3.8) is 0 Å². The van der Waals surface area contributed by atoms with Gasteiger partial charge in [0, 0.05) is 53.5 Å². The third kappa shape index (κ3) is 3.33. The highest BCUT2D eigenvalue weighted by atomic mass is 16.2. The van der Waals surface area contributed by atoms with E-state index in [2.05, 4.69) is 20.6 Å². The van der Waals surface area contributed by atoms with Crippen LogP contribution in [0.5, 0.6) is 0 Å². The van der Waals surface area contributed by atoms with Crippen molar-refractivity contribution in [2.24, 2.45) is 0 Å². The molecule has 1 amide bonds. The van der Waals surface area contributed by atoms with Crippen molar-refractivity contribution < 1.29 is 9.59 Å². The number of amides is 1. The monoisotopic (exact) mass is 374 g/mol. The average molecular weight is 374 g/mol. The standard InChI is InChI=1S/C22H22N4O2/c1-13-8-10-24-18(11-13)26-22(28)19-14(2)25-16-6-3-7-17(27)21(16)20(19)15-5-4-9-23-12-15/h4-5,8-12,20,25H,3,6-7H2,1-2H3,(H,24,26,28)/t20-/m0/s1. The van der Waals surface area contributed by atoms with E-state index in [1.54, 1.807) is 18.6 Å². The Hall–Kier alpha value is -3.28. The molecule has 0 saturated heterocycles. The molecule has 0 radical (unpaired) electrons. The molecule has 1 aliphatic heterocycles. The summed E-state index contributed by atoms with van der Waals surface area (Å²) in [4.78, 5) is 34.5. The van der Waals surface area contributed by atoms with Crippen molar-refractivity contribution in [3.05, 3.63) is 76.5 Å². The number of carbonyl (C=O) groups is 2. The smallest absolute Gasteiger partial charge is 0.255 e. The number of allylic oxidation sites excluding steroid dienone is 3. The van der Waals surface area contributed by atoms with Crippen LogP contribution < -0.4 is 10.6 Å². The van der Waals surface area contributed by atoms with Gasteiger partial charge < -0.3 is 10.6 Å². The largest absolute Gasteiger partial charge is 0.362 e. The number of hydrogen-bond acceptors (Lipinski definition) is 5. The Balaban J connectivity index is 1.77. The van der Waals surface area contributed by atoms with E-state index >= 15 is 0 Å². The fraction of sp³-hybridized carbons (Fsp3) is 0.273. The highest BCUT2D eigenvalue weighted by Crippen LogP contribution is 2.42. The number of nitrogens with zero attached hydrogens (tertiary/aromatic N) is 2. The Bertz CT molecular complexity index is 1010. The first-order valence-corrected chi connectivity index (χ1v) is 9.42. The van der Waals surface area contributed by atoms with Gasteiger partial charge >= 0.3 is 0 Å². The fourth-order valence-corrected chi connectivity index (χ4v) is 3.95. The minimum atomic E-state index is -0.428. The van der Waals surface area contributed by atoms with Crippen LogP contribution in [0.2, 0.25) is 0 Å². The summed E-state index contributed by atoms with van der Waals surface area (Å²) in [6.45, 7) is 3.82. The van der Waals surface area contributed by atoms with Crippen molar-refractivity contribution in [2.75, 3.05) is 5.32 Å². The first-order chi connectivity index (χ1) is 13.5. The number of aromatic nitrogens is 2. The minimum absolute atomic E-state index is 0.0917. The zero-order chi connectivity index (χ0) is 19.7. The molecule has 4 rings (SSSR count). The van der Waals surface area contributed by atoms with Gasteiger partial charge in [-0.15, -0.1) is 0 Å². The molecule has 3 heterocycles. The molecular formula is C22H22N4O2. The summed E-state index contributed by atoms with van der Waals surface area (Å²) in [5.41, 5.74) is 4.75. The van der Waals surface area contributed by atoms with Gasteiger partial charge in [0.1, 0.15) is 5.82 Å². The molecule has 0 fully saturated rings. The summed E-state index contributed by atoms with van der Waals surface area (Å²) in [5, 5.41) is 6.20. The van der Waals surface area contributed by atoms with E-state index in [4.69, 9.17) is 0 Å². The molecule has 2 aromatic rings. The maximum Gasteiger partial charge on any atom is 0.255 e. The number of hydrogen-bond donors (Lipinski definition) is 2. The van der Waals surface area contributed by atoms with E-state index in [9.17, 15) is 9.59 Å². The van der Waals surface area contributed by atoms with Crippen LogP contribution in [0, 0.1) is 6.92 Å². The molecule has 0 saturated carbocycles. The molecule has 28 heavy (non-hydrogen) atoms. The number of carbonyl (C=O) groups excluding carboxylic acids is 2. The van der Waals surface area contributed by atoms with Crippen LogP contribution in [0.15, 0.2) is 65.4 Å². The maximum absolute atomic E-state index is 13.3. The van der Waals surface area contributed by atoms with Gasteiger partial charge in [-0.2, -0.15) is 0 Å². The topological polar surface area (TPSA) is 84.0 Å². The zero-order valence-electron chi connectivity index (χ0n) is 16.0. The Morgan fingerprint density at radius 2 is 2.07 bits per heavy atom. The molecule has 6 nitrogen and oxygen atoms in total. The Kier molecular flexibility index (Phi) is 4.77. The lowest BCUT2D eigenvalue weighted by molar-refractivity contribution is -0.116. The Morgan fingerprint density at radius 3 is 2.82 bits per heavy atom. The maximum atomic E-state index is 13.3. The normalized spacial score (nSPS) is 19.2. The van der Waals surface area contributed by atoms with E-state index in [-0.39, 0.29) is 11.7 Å². The highest BCUT2D eigenvalue weighted by molar-refractivity contribution is 6.09. The molecule has 2 N–H and O–H groups in total. The third-order valence-electron chi connectivity index (χ3n) is 5.20. The van der Waals surface area contributed by atoms with Crippen LogP contribution >= 0.6 is 0 Å². The number of anilines is 1. The molecule has 0 bridgehead atoms. The molecule has 142 valence electrons. The Morgan fingerprint density at radius 1 is 1.21 bits per heavy atom. The van der Waals surface area contributed by atoms with Gasteiger partial charge in [-0.1, -0.05) is 6.07 Å². The molecule has 1 aliphatic carbocycles. The van der Waals surface area contributed by atoms with E-state index in [1.165, 1.54) is 0 Å². The van der Waals surface area contributed by atoms with Gasteiger partial charge in [0.25, 0.3) is 5.91 Å². The molecule has 2 aliphatic rings. The van der Waals surface area contributed by atoms with Crippen molar-refractivity contribution >= 4 is 17.5 Å². The number of rotatable bonds is 3. The lowest BCUT2D eigenvalue weighted by atomic mass is 9.75. The minimum Gasteiger partial charge on any atom is -0.362 e. The van der Waals surface area contributed by atoms with Crippen LogP contribution in [-0.4, -0.2) is 21.7 Å². The van der Waals surface area contributed by atoms with Gasteiger partial charge in [-0.3, -0.25) is 14.6 Å². The van der Waals surface area contributed by atoms with Crippen LogP contribution in [0.3, 0.4) is 0 Å². The number of Topliss-reactive ketones (excluding diaryl/α,β-unsaturated/α-hetero) is 1. The first kappa shape index (κ1) is 18.1. The number of pyridine rings is 2. The summed E-state index contributed by atoms with van der Waals surface area (Å²) in [5.74, 6) is -0.108. The summed E-state index contributed by atoms with van der Waals surface area (Å²) < 4.78 is 0. The van der Waals surface area contributed by atoms with Gasteiger partial charge in [0.2, 0.25) is 0 Å². The van der Waals surface area contributed by atoms with Gasteiger partial charge in [-0.25, -0.2) is 4.98 Å². The third-order valence-corrected chi connectivity index (χ3v) is 5.20. The van der Waals surface area contributed by atoms with E-state index in [0.717, 1.165) is 35.4 Å². The van der Waals surface area contributed by atoms with Crippen molar-refractivity contribution in [1.29, 1.82) is 0 Å².